The molecule has 0 spiro atoms. The van der Waals surface area contributed by atoms with Crippen molar-refractivity contribution < 1.29 is 4.42 Å². The maximum absolute atomic E-state index is 5.42. The Kier molecular flexibility index (Phi) is 4.16. The first-order valence-electron chi connectivity index (χ1n) is 6.17. The number of nitrogens with two attached hydrogens (primary N) is 1. The molecule has 5 nitrogen and oxygen atoms in total. The monoisotopic (exact) mass is 224 g/mol. The number of anilines is 1. The molecule has 16 heavy (non-hydrogen) atoms. The SMILES string of the molecule is NCc1nnc(NC2CCCCCCC2)o1. The van der Waals surface area contributed by atoms with Crippen LogP contribution in [0.2, 0.25) is 0 Å². The summed E-state index contributed by atoms with van der Waals surface area (Å²) in [7, 11) is 0. The second-order valence-electron chi connectivity index (χ2n) is 4.39. The summed E-state index contributed by atoms with van der Waals surface area (Å²) in [6, 6.07) is 0.998. The Hall–Kier alpha value is -1.10. The van der Waals surface area contributed by atoms with Crippen molar-refractivity contribution in [3.63, 3.8) is 0 Å². The zero-order valence-corrected chi connectivity index (χ0v) is 9.61. The van der Waals surface area contributed by atoms with Gasteiger partial charge in [0.05, 0.1) is 6.54 Å². The van der Waals surface area contributed by atoms with E-state index >= 15 is 0 Å². The molecule has 1 aliphatic rings. The van der Waals surface area contributed by atoms with Gasteiger partial charge in [-0.1, -0.05) is 37.2 Å². The molecule has 0 radical (unpaired) electrons. The van der Waals surface area contributed by atoms with E-state index in [0.717, 1.165) is 0 Å². The van der Waals surface area contributed by atoms with Crippen LogP contribution in [0.1, 0.15) is 50.8 Å². The van der Waals surface area contributed by atoms with Crippen molar-refractivity contribution in [3.8, 4) is 0 Å². The summed E-state index contributed by atoms with van der Waals surface area (Å²) >= 11 is 0. The van der Waals surface area contributed by atoms with Gasteiger partial charge in [-0.2, -0.15) is 0 Å². The predicted octanol–water partition coefficient (Wildman–Crippen LogP) is 2.05. The van der Waals surface area contributed by atoms with E-state index in [4.69, 9.17) is 10.2 Å². The lowest BCUT2D eigenvalue weighted by atomic mass is 9.97. The molecule has 0 aromatic carbocycles. The molecule has 2 rings (SSSR count). The molecule has 0 saturated heterocycles. The van der Waals surface area contributed by atoms with Crippen LogP contribution in [0.5, 0.6) is 0 Å². The fraction of sp³-hybridized carbons (Fsp3) is 0.818. The smallest absolute Gasteiger partial charge is 0.315 e. The Balaban J connectivity index is 1.86. The fourth-order valence-corrected chi connectivity index (χ4v) is 2.17. The summed E-state index contributed by atoms with van der Waals surface area (Å²) in [5, 5.41) is 11.1. The van der Waals surface area contributed by atoms with E-state index < -0.39 is 0 Å². The zero-order valence-electron chi connectivity index (χ0n) is 9.61. The van der Waals surface area contributed by atoms with Crippen LogP contribution >= 0.6 is 0 Å². The van der Waals surface area contributed by atoms with Crippen molar-refractivity contribution in [2.75, 3.05) is 5.32 Å². The number of aromatic nitrogens is 2. The molecule has 0 amide bonds. The quantitative estimate of drug-likeness (QED) is 0.821. The molecule has 1 fully saturated rings. The Morgan fingerprint density at radius 3 is 2.44 bits per heavy atom. The van der Waals surface area contributed by atoms with Crippen LogP contribution in [-0.2, 0) is 6.54 Å². The maximum atomic E-state index is 5.42. The first kappa shape index (κ1) is 11.4. The van der Waals surface area contributed by atoms with Gasteiger partial charge >= 0.3 is 6.01 Å². The Labute approximate surface area is 95.8 Å². The second kappa shape index (κ2) is 5.84. The Morgan fingerprint density at radius 2 is 1.81 bits per heavy atom. The third-order valence-electron chi connectivity index (χ3n) is 3.07. The molecule has 0 atom stereocenters. The fourth-order valence-electron chi connectivity index (χ4n) is 2.17. The molecule has 1 heterocycles. The molecule has 0 unspecified atom stereocenters. The first-order valence-corrected chi connectivity index (χ1v) is 6.17. The van der Waals surface area contributed by atoms with E-state index in [1.165, 1.54) is 44.9 Å². The van der Waals surface area contributed by atoms with Gasteiger partial charge in [0.1, 0.15) is 0 Å². The van der Waals surface area contributed by atoms with Crippen molar-refractivity contribution in [1.29, 1.82) is 0 Å². The molecule has 1 aromatic rings. The molecular formula is C11H20N4O. The van der Waals surface area contributed by atoms with Crippen molar-refractivity contribution >= 4 is 6.01 Å². The van der Waals surface area contributed by atoms with Crippen LogP contribution in [-0.4, -0.2) is 16.2 Å². The highest BCUT2D eigenvalue weighted by Gasteiger charge is 2.13. The maximum Gasteiger partial charge on any atom is 0.315 e. The highest BCUT2D eigenvalue weighted by Crippen LogP contribution is 2.20. The van der Waals surface area contributed by atoms with Crippen molar-refractivity contribution in [2.45, 2.75) is 57.5 Å². The average Bonchev–Trinajstić information content (AvgIpc) is 2.69. The zero-order chi connectivity index (χ0) is 11.2. The Bertz CT molecular complexity index is 305. The minimum Gasteiger partial charge on any atom is -0.407 e. The van der Waals surface area contributed by atoms with Gasteiger partial charge in [0.2, 0.25) is 5.89 Å². The molecule has 3 N–H and O–H groups in total. The number of hydrogen-bond donors (Lipinski definition) is 2. The highest BCUT2D eigenvalue weighted by molar-refractivity contribution is 5.19. The number of rotatable bonds is 3. The standard InChI is InChI=1S/C11H20N4O/c12-8-10-14-15-11(16-10)13-9-6-4-2-1-3-5-7-9/h9H,1-8,12H2,(H,13,15). The summed E-state index contributed by atoms with van der Waals surface area (Å²) in [5.74, 6) is 0.494. The molecular weight excluding hydrogens is 204 g/mol. The summed E-state index contributed by atoms with van der Waals surface area (Å²) in [5.41, 5.74) is 5.42. The molecule has 1 aliphatic carbocycles. The van der Waals surface area contributed by atoms with Crippen LogP contribution in [0.3, 0.4) is 0 Å². The second-order valence-corrected chi connectivity index (χ2v) is 4.39. The van der Waals surface area contributed by atoms with E-state index in [0.29, 0.717) is 24.5 Å². The lowest BCUT2D eigenvalue weighted by Gasteiger charge is -2.19. The third-order valence-corrected chi connectivity index (χ3v) is 3.07. The van der Waals surface area contributed by atoms with E-state index in [-0.39, 0.29) is 0 Å². The average molecular weight is 224 g/mol. The summed E-state index contributed by atoms with van der Waals surface area (Å²) in [6.07, 6.45) is 9.03. The van der Waals surface area contributed by atoms with Crippen molar-refractivity contribution in [3.05, 3.63) is 5.89 Å². The van der Waals surface area contributed by atoms with E-state index in [1.807, 2.05) is 0 Å². The third kappa shape index (κ3) is 3.20. The summed E-state index contributed by atoms with van der Waals surface area (Å²) < 4.78 is 5.35. The van der Waals surface area contributed by atoms with Gasteiger partial charge in [0.15, 0.2) is 0 Å². The molecule has 0 bridgehead atoms. The Morgan fingerprint density at radius 1 is 1.12 bits per heavy atom. The van der Waals surface area contributed by atoms with E-state index in [1.54, 1.807) is 0 Å². The lowest BCUT2D eigenvalue weighted by molar-refractivity contribution is 0.450. The van der Waals surface area contributed by atoms with Crippen molar-refractivity contribution in [1.82, 2.24) is 10.2 Å². The van der Waals surface area contributed by atoms with E-state index in [2.05, 4.69) is 15.5 Å². The topological polar surface area (TPSA) is 77.0 Å². The van der Waals surface area contributed by atoms with Gasteiger partial charge in [-0.25, -0.2) is 0 Å². The van der Waals surface area contributed by atoms with Gasteiger partial charge < -0.3 is 15.5 Å². The largest absolute Gasteiger partial charge is 0.407 e. The van der Waals surface area contributed by atoms with Crippen LogP contribution in [0.25, 0.3) is 0 Å². The van der Waals surface area contributed by atoms with Gasteiger partial charge in [0.25, 0.3) is 0 Å². The number of nitrogens with one attached hydrogen (secondary N) is 1. The van der Waals surface area contributed by atoms with E-state index in [9.17, 15) is 0 Å². The molecule has 1 saturated carbocycles. The first-order chi connectivity index (χ1) is 7.88. The van der Waals surface area contributed by atoms with Crippen LogP contribution in [0.15, 0.2) is 4.42 Å². The van der Waals surface area contributed by atoms with Gasteiger partial charge in [0, 0.05) is 6.04 Å². The highest BCUT2D eigenvalue weighted by atomic mass is 16.4. The van der Waals surface area contributed by atoms with Gasteiger partial charge in [-0.15, -0.1) is 5.10 Å². The summed E-state index contributed by atoms with van der Waals surface area (Å²) in [6.45, 7) is 0.305. The van der Waals surface area contributed by atoms with Crippen LogP contribution in [0.4, 0.5) is 6.01 Å². The minimum absolute atomic E-state index is 0.305. The molecule has 1 aromatic heterocycles. The van der Waals surface area contributed by atoms with Crippen molar-refractivity contribution in [2.24, 2.45) is 5.73 Å². The minimum atomic E-state index is 0.305. The molecule has 90 valence electrons. The van der Waals surface area contributed by atoms with Crippen LogP contribution < -0.4 is 11.1 Å². The van der Waals surface area contributed by atoms with Gasteiger partial charge in [-0.05, 0) is 12.8 Å². The normalized spacial score (nSPS) is 19.1. The van der Waals surface area contributed by atoms with Crippen LogP contribution in [0, 0.1) is 0 Å². The number of hydrogen-bond acceptors (Lipinski definition) is 5. The summed E-state index contributed by atoms with van der Waals surface area (Å²) in [4.78, 5) is 0. The predicted molar refractivity (Wildman–Crippen MR) is 61.9 cm³/mol. The molecule has 0 aliphatic heterocycles. The molecule has 5 heteroatoms. The van der Waals surface area contributed by atoms with Gasteiger partial charge in [-0.3, -0.25) is 0 Å². The lowest BCUT2D eigenvalue weighted by Crippen LogP contribution is -2.20. The number of nitrogens with zero attached hydrogens (tertiary/aromatic N) is 2.